The molecule has 4 aromatic rings. The van der Waals surface area contributed by atoms with E-state index >= 15 is 0 Å². The van der Waals surface area contributed by atoms with Gasteiger partial charge >= 0.3 is 0 Å². The molecule has 6 heteroatoms. The number of aromatic nitrogens is 2. The van der Waals surface area contributed by atoms with Gasteiger partial charge in [-0.1, -0.05) is 24.3 Å². The van der Waals surface area contributed by atoms with Gasteiger partial charge in [-0.05, 0) is 61.0 Å². The molecule has 6 nitrogen and oxygen atoms in total. The highest BCUT2D eigenvalue weighted by Gasteiger charge is 2.14. The van der Waals surface area contributed by atoms with E-state index in [1.807, 2.05) is 73.7 Å². The number of methoxy groups -OCH3 is 1. The molecule has 0 radical (unpaired) electrons. The summed E-state index contributed by atoms with van der Waals surface area (Å²) < 4.78 is 5.17. The summed E-state index contributed by atoms with van der Waals surface area (Å²) in [5.74, 6) is 0.458. The largest absolute Gasteiger partial charge is 0.497 e. The summed E-state index contributed by atoms with van der Waals surface area (Å²) in [6.45, 7) is 1.84. The number of nitrogens with one attached hydrogen (secondary N) is 1. The van der Waals surface area contributed by atoms with E-state index < -0.39 is 0 Å². The zero-order valence-corrected chi connectivity index (χ0v) is 16.7. The van der Waals surface area contributed by atoms with Gasteiger partial charge in [0.2, 0.25) is 0 Å². The Morgan fingerprint density at radius 2 is 1.73 bits per heavy atom. The van der Waals surface area contributed by atoms with E-state index in [-0.39, 0.29) is 5.91 Å². The number of hydrogen-bond acceptors (Lipinski definition) is 5. The van der Waals surface area contributed by atoms with Gasteiger partial charge in [-0.2, -0.15) is 5.10 Å². The molecule has 0 saturated heterocycles. The maximum absolute atomic E-state index is 13.0. The van der Waals surface area contributed by atoms with Gasteiger partial charge in [0.05, 0.1) is 35.3 Å². The molecular formula is C24H20N4O2. The van der Waals surface area contributed by atoms with Gasteiger partial charge in [-0.3, -0.25) is 9.78 Å². The predicted octanol–water partition coefficient (Wildman–Crippen LogP) is 4.46. The minimum absolute atomic E-state index is 0.307. The number of benzene rings is 2. The van der Waals surface area contributed by atoms with Crippen molar-refractivity contribution in [3.05, 3.63) is 90.1 Å². The monoisotopic (exact) mass is 396 g/mol. The normalized spacial score (nSPS) is 11.3. The lowest BCUT2D eigenvalue weighted by molar-refractivity contribution is 0.0956. The van der Waals surface area contributed by atoms with Gasteiger partial charge in [-0.15, -0.1) is 0 Å². The molecule has 2 aromatic heterocycles. The SMILES string of the molecule is COc1ccc(/C(C)=N/NC(=O)c2cc(-c3ccccn3)nc3ccccc23)cc1. The summed E-state index contributed by atoms with van der Waals surface area (Å²) in [6, 6.07) is 22.4. The van der Waals surface area contributed by atoms with Crippen molar-refractivity contribution >= 4 is 22.5 Å². The van der Waals surface area contributed by atoms with Crippen LogP contribution in [0.25, 0.3) is 22.3 Å². The van der Waals surface area contributed by atoms with Crippen LogP contribution in [0.2, 0.25) is 0 Å². The van der Waals surface area contributed by atoms with Crippen LogP contribution in [-0.2, 0) is 0 Å². The molecule has 4 rings (SSSR count). The topological polar surface area (TPSA) is 76.5 Å². The van der Waals surface area contributed by atoms with Crippen molar-refractivity contribution in [2.45, 2.75) is 6.92 Å². The fourth-order valence-corrected chi connectivity index (χ4v) is 3.10. The van der Waals surface area contributed by atoms with Gasteiger partial charge in [0, 0.05) is 11.6 Å². The number of carbonyl (C=O) groups excluding carboxylic acids is 1. The number of carbonyl (C=O) groups is 1. The molecule has 0 bridgehead atoms. The second-order valence-electron chi connectivity index (χ2n) is 6.65. The van der Waals surface area contributed by atoms with Crippen molar-refractivity contribution in [2.24, 2.45) is 5.10 Å². The van der Waals surface area contributed by atoms with E-state index in [1.54, 1.807) is 19.4 Å². The third-order valence-electron chi connectivity index (χ3n) is 4.72. The van der Waals surface area contributed by atoms with Crippen molar-refractivity contribution < 1.29 is 9.53 Å². The number of para-hydroxylation sites is 1. The van der Waals surface area contributed by atoms with Crippen molar-refractivity contribution in [2.75, 3.05) is 7.11 Å². The van der Waals surface area contributed by atoms with Crippen LogP contribution in [0.4, 0.5) is 0 Å². The minimum atomic E-state index is -0.307. The smallest absolute Gasteiger partial charge is 0.272 e. The highest BCUT2D eigenvalue weighted by atomic mass is 16.5. The molecule has 0 aliphatic rings. The van der Waals surface area contributed by atoms with E-state index in [0.717, 1.165) is 22.2 Å². The molecule has 0 spiro atoms. The summed E-state index contributed by atoms with van der Waals surface area (Å²) in [7, 11) is 1.62. The van der Waals surface area contributed by atoms with Crippen LogP contribution in [0.1, 0.15) is 22.8 Å². The van der Waals surface area contributed by atoms with Crippen LogP contribution < -0.4 is 10.2 Å². The summed E-state index contributed by atoms with van der Waals surface area (Å²) in [5.41, 5.74) is 6.80. The Hall–Kier alpha value is -4.06. The molecule has 0 saturated carbocycles. The number of pyridine rings is 2. The lowest BCUT2D eigenvalue weighted by Gasteiger charge is -2.09. The molecule has 2 aromatic carbocycles. The van der Waals surface area contributed by atoms with Gasteiger partial charge in [0.25, 0.3) is 5.91 Å². The molecule has 0 unspecified atom stereocenters. The first-order chi connectivity index (χ1) is 14.7. The van der Waals surface area contributed by atoms with Gasteiger partial charge in [0.1, 0.15) is 5.75 Å². The molecule has 0 atom stereocenters. The number of fused-ring (bicyclic) bond motifs is 1. The quantitative estimate of drug-likeness (QED) is 0.399. The Balaban J connectivity index is 1.66. The maximum Gasteiger partial charge on any atom is 0.272 e. The van der Waals surface area contributed by atoms with Crippen LogP contribution in [0.15, 0.2) is 84.1 Å². The van der Waals surface area contributed by atoms with Crippen LogP contribution in [0.5, 0.6) is 5.75 Å². The second kappa shape index (κ2) is 8.53. The van der Waals surface area contributed by atoms with E-state index in [0.29, 0.717) is 22.7 Å². The van der Waals surface area contributed by atoms with Crippen molar-refractivity contribution in [1.82, 2.24) is 15.4 Å². The Labute approximate surface area is 174 Å². The molecule has 0 aliphatic carbocycles. The first-order valence-corrected chi connectivity index (χ1v) is 9.46. The van der Waals surface area contributed by atoms with Crippen LogP contribution in [0.3, 0.4) is 0 Å². The van der Waals surface area contributed by atoms with Crippen LogP contribution in [0, 0.1) is 0 Å². The maximum atomic E-state index is 13.0. The zero-order chi connectivity index (χ0) is 20.9. The third-order valence-corrected chi connectivity index (χ3v) is 4.72. The minimum Gasteiger partial charge on any atom is -0.497 e. The number of ether oxygens (including phenoxy) is 1. The average Bonchev–Trinajstić information content (AvgIpc) is 2.82. The van der Waals surface area contributed by atoms with E-state index in [9.17, 15) is 4.79 Å². The molecule has 2 heterocycles. The first-order valence-electron chi connectivity index (χ1n) is 9.46. The fourth-order valence-electron chi connectivity index (χ4n) is 3.10. The Kier molecular flexibility index (Phi) is 5.48. The molecule has 148 valence electrons. The number of rotatable bonds is 5. The van der Waals surface area contributed by atoms with Crippen molar-refractivity contribution in [3.63, 3.8) is 0 Å². The van der Waals surface area contributed by atoms with Gasteiger partial charge in [-0.25, -0.2) is 10.4 Å². The van der Waals surface area contributed by atoms with Crippen molar-refractivity contribution in [1.29, 1.82) is 0 Å². The lowest BCUT2D eigenvalue weighted by atomic mass is 10.1. The zero-order valence-electron chi connectivity index (χ0n) is 16.7. The molecule has 0 fully saturated rings. The summed E-state index contributed by atoms with van der Waals surface area (Å²) in [6.07, 6.45) is 1.70. The molecule has 0 aliphatic heterocycles. The van der Waals surface area contributed by atoms with E-state index in [1.165, 1.54) is 0 Å². The number of amides is 1. The van der Waals surface area contributed by atoms with Crippen LogP contribution in [-0.4, -0.2) is 28.7 Å². The molecular weight excluding hydrogens is 376 g/mol. The third kappa shape index (κ3) is 4.03. The summed E-state index contributed by atoms with van der Waals surface area (Å²) >= 11 is 0. The number of hydrazone groups is 1. The van der Waals surface area contributed by atoms with E-state index in [4.69, 9.17) is 4.74 Å². The van der Waals surface area contributed by atoms with Gasteiger partial charge in [0.15, 0.2) is 0 Å². The average molecular weight is 396 g/mol. The highest BCUT2D eigenvalue weighted by molar-refractivity contribution is 6.08. The standard InChI is InChI=1S/C24H20N4O2/c1-16(17-10-12-18(30-2)13-11-17)27-28-24(29)20-15-23(22-9-5-6-14-25-22)26-21-8-4-3-7-19(20)21/h3-15H,1-2H3,(H,28,29)/b27-16+. The Morgan fingerprint density at radius 1 is 0.967 bits per heavy atom. The van der Waals surface area contributed by atoms with E-state index in [2.05, 4.69) is 20.5 Å². The second-order valence-corrected chi connectivity index (χ2v) is 6.65. The van der Waals surface area contributed by atoms with Crippen LogP contribution >= 0.6 is 0 Å². The van der Waals surface area contributed by atoms with Gasteiger partial charge < -0.3 is 4.74 Å². The molecule has 1 amide bonds. The molecule has 30 heavy (non-hydrogen) atoms. The lowest BCUT2D eigenvalue weighted by Crippen LogP contribution is -2.20. The highest BCUT2D eigenvalue weighted by Crippen LogP contribution is 2.23. The first kappa shape index (κ1) is 19.3. The number of hydrogen-bond donors (Lipinski definition) is 1. The summed E-state index contributed by atoms with van der Waals surface area (Å²) in [5, 5.41) is 5.03. The Bertz CT molecular complexity index is 1220. The fraction of sp³-hybridized carbons (Fsp3) is 0.0833. The predicted molar refractivity (Wildman–Crippen MR) is 118 cm³/mol. The Morgan fingerprint density at radius 3 is 2.47 bits per heavy atom. The molecule has 1 N–H and O–H groups in total. The summed E-state index contributed by atoms with van der Waals surface area (Å²) in [4.78, 5) is 22.0. The number of nitrogens with zero attached hydrogens (tertiary/aromatic N) is 3. The van der Waals surface area contributed by atoms with Crippen molar-refractivity contribution in [3.8, 4) is 17.1 Å².